The molecule has 0 radical (unpaired) electrons. The number of fused-ring (bicyclic) bond motifs is 1. The van der Waals surface area contributed by atoms with E-state index in [0.29, 0.717) is 29.1 Å². The Bertz CT molecular complexity index is 1410. The van der Waals surface area contributed by atoms with E-state index in [1.807, 2.05) is 60.4 Å². The second-order valence-electron chi connectivity index (χ2n) is 8.70. The van der Waals surface area contributed by atoms with Crippen LogP contribution in [0.3, 0.4) is 0 Å². The number of rotatable bonds is 6. The van der Waals surface area contributed by atoms with Gasteiger partial charge in [0.2, 0.25) is 0 Å². The standard InChI is InChI=1S/C29H26BrN3O3/c1-2-36-23-12-7-19(8-13-23)27-18-25(24-17-21(30)9-14-26(24)32-27)28(34)31-22-10-5-20(6-11-22)29(35)33-15-3-4-16-33/h5-14,17-18H,2-4,15-16H2,1H3,(H,31,34). The summed E-state index contributed by atoms with van der Waals surface area (Å²) in [7, 11) is 0. The predicted octanol–water partition coefficient (Wildman–Crippen LogP) is 6.55. The molecule has 2 heterocycles. The fourth-order valence-corrected chi connectivity index (χ4v) is 4.78. The molecule has 0 atom stereocenters. The lowest BCUT2D eigenvalue weighted by molar-refractivity contribution is 0.0792. The quantitative estimate of drug-likeness (QED) is 0.299. The highest BCUT2D eigenvalue weighted by molar-refractivity contribution is 9.10. The average Bonchev–Trinajstić information content (AvgIpc) is 3.44. The summed E-state index contributed by atoms with van der Waals surface area (Å²) in [5, 5.41) is 3.73. The molecule has 1 aliphatic rings. The summed E-state index contributed by atoms with van der Waals surface area (Å²) >= 11 is 3.51. The van der Waals surface area contributed by atoms with Crippen LogP contribution in [0.2, 0.25) is 0 Å². The number of pyridine rings is 1. The number of ether oxygens (including phenoxy) is 1. The summed E-state index contributed by atoms with van der Waals surface area (Å²) in [4.78, 5) is 32.7. The van der Waals surface area contributed by atoms with E-state index in [2.05, 4.69) is 21.2 Å². The monoisotopic (exact) mass is 543 g/mol. The molecule has 3 aromatic carbocycles. The van der Waals surface area contributed by atoms with E-state index in [4.69, 9.17) is 9.72 Å². The van der Waals surface area contributed by atoms with Crippen LogP contribution < -0.4 is 10.1 Å². The number of carbonyl (C=O) groups excluding carboxylic acids is 2. The van der Waals surface area contributed by atoms with Gasteiger partial charge in [0.25, 0.3) is 11.8 Å². The molecule has 5 rings (SSSR count). The van der Waals surface area contributed by atoms with Crippen molar-refractivity contribution in [2.45, 2.75) is 19.8 Å². The SMILES string of the molecule is CCOc1ccc(-c2cc(C(=O)Nc3ccc(C(=O)N4CCCC4)cc3)c3cc(Br)ccc3n2)cc1. The highest BCUT2D eigenvalue weighted by Gasteiger charge is 2.20. The maximum Gasteiger partial charge on any atom is 0.256 e. The van der Waals surface area contributed by atoms with Gasteiger partial charge < -0.3 is 15.0 Å². The van der Waals surface area contributed by atoms with Crippen molar-refractivity contribution in [2.24, 2.45) is 0 Å². The summed E-state index contributed by atoms with van der Waals surface area (Å²) < 4.78 is 6.41. The number of anilines is 1. The van der Waals surface area contributed by atoms with Crippen LogP contribution in [-0.2, 0) is 0 Å². The van der Waals surface area contributed by atoms with Crippen LogP contribution >= 0.6 is 15.9 Å². The van der Waals surface area contributed by atoms with Crippen LogP contribution in [0.4, 0.5) is 5.69 Å². The number of halogens is 1. The average molecular weight is 544 g/mol. The lowest BCUT2D eigenvalue weighted by Crippen LogP contribution is -2.27. The Kier molecular flexibility index (Phi) is 7.00. The Morgan fingerprint density at radius 3 is 2.39 bits per heavy atom. The van der Waals surface area contributed by atoms with Gasteiger partial charge in [-0.2, -0.15) is 0 Å². The molecule has 0 unspecified atom stereocenters. The summed E-state index contributed by atoms with van der Waals surface area (Å²) in [5.41, 5.74) is 4.09. The number of nitrogens with zero attached hydrogens (tertiary/aromatic N) is 2. The summed E-state index contributed by atoms with van der Waals surface area (Å²) in [5.74, 6) is 0.581. The number of hydrogen-bond donors (Lipinski definition) is 1. The maximum atomic E-state index is 13.4. The van der Waals surface area contributed by atoms with Crippen LogP contribution in [0, 0.1) is 0 Å². The molecule has 0 saturated carbocycles. The van der Waals surface area contributed by atoms with Crippen molar-refractivity contribution in [3.63, 3.8) is 0 Å². The van der Waals surface area contributed by atoms with Crippen LogP contribution in [-0.4, -0.2) is 41.4 Å². The second-order valence-corrected chi connectivity index (χ2v) is 9.62. The van der Waals surface area contributed by atoms with Gasteiger partial charge in [-0.25, -0.2) is 4.98 Å². The van der Waals surface area contributed by atoms with E-state index < -0.39 is 0 Å². The molecule has 1 fully saturated rings. The Balaban J connectivity index is 1.44. The first-order valence-corrected chi connectivity index (χ1v) is 12.9. The number of aromatic nitrogens is 1. The molecule has 4 aromatic rings. The zero-order valence-electron chi connectivity index (χ0n) is 20.0. The first-order chi connectivity index (χ1) is 17.5. The smallest absolute Gasteiger partial charge is 0.256 e. The van der Waals surface area contributed by atoms with Crippen molar-refractivity contribution in [3.8, 4) is 17.0 Å². The largest absolute Gasteiger partial charge is 0.494 e. The molecule has 2 amide bonds. The molecule has 7 heteroatoms. The number of carbonyl (C=O) groups is 2. The Morgan fingerprint density at radius 1 is 0.972 bits per heavy atom. The minimum absolute atomic E-state index is 0.0374. The Labute approximate surface area is 218 Å². The van der Waals surface area contributed by atoms with E-state index in [-0.39, 0.29) is 11.8 Å². The van der Waals surface area contributed by atoms with E-state index in [1.165, 1.54) is 0 Å². The van der Waals surface area contributed by atoms with Crippen molar-refractivity contribution < 1.29 is 14.3 Å². The Hall–Kier alpha value is -3.71. The fourth-order valence-electron chi connectivity index (χ4n) is 4.42. The first-order valence-electron chi connectivity index (χ1n) is 12.1. The molecule has 1 saturated heterocycles. The lowest BCUT2D eigenvalue weighted by atomic mass is 10.0. The molecule has 0 spiro atoms. The van der Waals surface area contributed by atoms with E-state index >= 15 is 0 Å². The normalized spacial score (nSPS) is 13.1. The molecular weight excluding hydrogens is 518 g/mol. The van der Waals surface area contributed by atoms with E-state index in [1.54, 1.807) is 24.3 Å². The first kappa shape index (κ1) is 24.0. The predicted molar refractivity (Wildman–Crippen MR) is 146 cm³/mol. The van der Waals surface area contributed by atoms with Gasteiger partial charge in [-0.15, -0.1) is 0 Å². The number of nitrogens with one attached hydrogen (secondary N) is 1. The fraction of sp³-hybridized carbons (Fsp3) is 0.207. The number of amides is 2. The topological polar surface area (TPSA) is 71.5 Å². The van der Waals surface area contributed by atoms with Crippen molar-refractivity contribution >= 4 is 44.3 Å². The number of hydrogen-bond acceptors (Lipinski definition) is 4. The van der Waals surface area contributed by atoms with Crippen LogP contribution in [0.5, 0.6) is 5.75 Å². The summed E-state index contributed by atoms with van der Waals surface area (Å²) in [6.45, 7) is 4.15. The van der Waals surface area contributed by atoms with Crippen molar-refractivity contribution in [3.05, 3.63) is 88.4 Å². The lowest BCUT2D eigenvalue weighted by Gasteiger charge is -2.15. The second kappa shape index (κ2) is 10.5. The number of likely N-dealkylation sites (tertiary alicyclic amines) is 1. The van der Waals surface area contributed by atoms with Crippen LogP contribution in [0.15, 0.2) is 77.3 Å². The molecule has 182 valence electrons. The van der Waals surface area contributed by atoms with Crippen LogP contribution in [0.1, 0.15) is 40.5 Å². The highest BCUT2D eigenvalue weighted by Crippen LogP contribution is 2.29. The zero-order valence-corrected chi connectivity index (χ0v) is 21.5. The van der Waals surface area contributed by atoms with Crippen molar-refractivity contribution in [1.82, 2.24) is 9.88 Å². The van der Waals surface area contributed by atoms with Gasteiger partial charge in [-0.05, 0) is 92.6 Å². The third-order valence-electron chi connectivity index (χ3n) is 6.26. The molecule has 0 bridgehead atoms. The van der Waals surface area contributed by atoms with Gasteiger partial charge in [0.1, 0.15) is 5.75 Å². The molecule has 36 heavy (non-hydrogen) atoms. The van der Waals surface area contributed by atoms with Crippen LogP contribution in [0.25, 0.3) is 22.2 Å². The van der Waals surface area contributed by atoms with Gasteiger partial charge in [0.05, 0.1) is 23.4 Å². The Morgan fingerprint density at radius 2 is 1.69 bits per heavy atom. The van der Waals surface area contributed by atoms with Crippen molar-refractivity contribution in [2.75, 3.05) is 25.0 Å². The van der Waals surface area contributed by atoms with Gasteiger partial charge in [-0.1, -0.05) is 15.9 Å². The third kappa shape index (κ3) is 5.11. The summed E-state index contributed by atoms with van der Waals surface area (Å²) in [6.07, 6.45) is 2.10. The van der Waals surface area contributed by atoms with Crippen molar-refractivity contribution in [1.29, 1.82) is 0 Å². The van der Waals surface area contributed by atoms with E-state index in [9.17, 15) is 9.59 Å². The van der Waals surface area contributed by atoms with Gasteiger partial charge in [0, 0.05) is 39.8 Å². The minimum Gasteiger partial charge on any atom is -0.494 e. The molecule has 1 N–H and O–H groups in total. The molecule has 0 aliphatic carbocycles. The van der Waals surface area contributed by atoms with Gasteiger partial charge >= 0.3 is 0 Å². The third-order valence-corrected chi connectivity index (χ3v) is 6.75. The molecule has 1 aromatic heterocycles. The minimum atomic E-state index is -0.244. The number of benzene rings is 3. The van der Waals surface area contributed by atoms with Gasteiger partial charge in [0.15, 0.2) is 0 Å². The molecule has 6 nitrogen and oxygen atoms in total. The van der Waals surface area contributed by atoms with E-state index in [0.717, 1.165) is 52.6 Å². The molecular formula is C29H26BrN3O3. The highest BCUT2D eigenvalue weighted by atomic mass is 79.9. The van der Waals surface area contributed by atoms with Gasteiger partial charge in [-0.3, -0.25) is 9.59 Å². The maximum absolute atomic E-state index is 13.4. The summed E-state index contributed by atoms with van der Waals surface area (Å²) in [6, 6.07) is 22.3. The zero-order chi connectivity index (χ0) is 25.1. The molecule has 1 aliphatic heterocycles.